The molecule has 1 rings (SSSR count). The fourth-order valence-electron chi connectivity index (χ4n) is 1.03. The summed E-state index contributed by atoms with van der Waals surface area (Å²) in [4.78, 5) is 2.38. The molecule has 1 aliphatic rings. The van der Waals surface area contributed by atoms with Gasteiger partial charge in [-0.2, -0.15) is 0 Å². The summed E-state index contributed by atoms with van der Waals surface area (Å²) in [5.41, 5.74) is 0.342. The largest absolute Gasteiger partial charge is 0.301 e. The van der Waals surface area contributed by atoms with Crippen LogP contribution in [0, 0.1) is 0 Å². The Morgan fingerprint density at radius 2 is 2.38 bits per heavy atom. The lowest BCUT2D eigenvalue weighted by Gasteiger charge is -2.07. The average Bonchev–Trinajstić information content (AvgIpc) is 2.44. The highest BCUT2D eigenvalue weighted by Gasteiger charge is 2.44. The highest BCUT2D eigenvalue weighted by atomic mass is 15.5. The molecule has 1 fully saturated rings. The Labute approximate surface area is 50.9 Å². The Bertz CT molecular complexity index is 92.5. The van der Waals surface area contributed by atoms with Crippen molar-refractivity contribution in [3.8, 4) is 0 Å². The Hall–Kier alpha value is -0.0800. The van der Waals surface area contributed by atoms with Crippen LogP contribution in [0.5, 0.6) is 0 Å². The minimum atomic E-state index is 0.342. The van der Waals surface area contributed by atoms with Crippen LogP contribution in [-0.2, 0) is 0 Å². The molecule has 0 aliphatic carbocycles. The summed E-state index contributed by atoms with van der Waals surface area (Å²) < 4.78 is 0. The molecule has 0 aromatic heterocycles. The van der Waals surface area contributed by atoms with E-state index < -0.39 is 0 Å². The van der Waals surface area contributed by atoms with Gasteiger partial charge in [0.1, 0.15) is 0 Å². The fraction of sp³-hybridized carbons (Fsp3) is 1.00. The Morgan fingerprint density at radius 1 is 1.75 bits per heavy atom. The molecule has 2 unspecified atom stereocenters. The fourth-order valence-corrected chi connectivity index (χ4v) is 1.03. The summed E-state index contributed by atoms with van der Waals surface area (Å²) in [7, 11) is 2.01. The van der Waals surface area contributed by atoms with Crippen LogP contribution >= 0.6 is 0 Å². The van der Waals surface area contributed by atoms with Crippen molar-refractivity contribution < 1.29 is 0 Å². The molecule has 2 atom stereocenters. The molecule has 0 aromatic carbocycles. The second-order valence-electron chi connectivity index (χ2n) is 2.54. The van der Waals surface area contributed by atoms with Gasteiger partial charge in [0.05, 0.1) is 5.66 Å². The molecule has 2 heteroatoms. The molecule has 2 nitrogen and oxygen atoms in total. The van der Waals surface area contributed by atoms with E-state index in [1.54, 1.807) is 0 Å². The molecule has 0 saturated carbocycles. The summed E-state index contributed by atoms with van der Waals surface area (Å²) in [5.74, 6) is 0. The number of hydrogen-bond donors (Lipinski definition) is 1. The Balaban J connectivity index is 2.31. The molecule has 0 aromatic rings. The maximum absolute atomic E-state index is 3.24. The smallest absolute Gasteiger partial charge is 0.0813 e. The summed E-state index contributed by atoms with van der Waals surface area (Å²) in [6, 6.07) is 0. The van der Waals surface area contributed by atoms with Gasteiger partial charge in [-0.25, -0.2) is 0 Å². The van der Waals surface area contributed by atoms with Crippen molar-refractivity contribution in [1.82, 2.24) is 10.2 Å². The molecule has 48 valence electrons. The molecular weight excluding hydrogens is 100 g/mol. The molecule has 0 amide bonds. The minimum Gasteiger partial charge on any atom is -0.301 e. The molecular formula is C6H14N2. The molecule has 0 bridgehead atoms. The van der Waals surface area contributed by atoms with Crippen LogP contribution in [0.2, 0.25) is 0 Å². The van der Waals surface area contributed by atoms with E-state index in [0.717, 1.165) is 6.54 Å². The van der Waals surface area contributed by atoms with Crippen LogP contribution in [0.25, 0.3) is 0 Å². The zero-order valence-electron chi connectivity index (χ0n) is 5.86. The van der Waals surface area contributed by atoms with Crippen LogP contribution in [-0.4, -0.2) is 30.7 Å². The normalized spacial score (nSPS) is 44.6. The number of nitrogens with one attached hydrogen (secondary N) is 1. The third-order valence-electron chi connectivity index (χ3n) is 2.01. The summed E-state index contributed by atoms with van der Waals surface area (Å²) in [6.45, 7) is 6.77. The average molecular weight is 114 g/mol. The van der Waals surface area contributed by atoms with Gasteiger partial charge in [0.15, 0.2) is 0 Å². The zero-order chi connectivity index (χ0) is 6.20. The first-order chi connectivity index (χ1) is 3.73. The lowest BCUT2D eigenvalue weighted by Crippen LogP contribution is -2.30. The zero-order valence-corrected chi connectivity index (χ0v) is 5.86. The maximum atomic E-state index is 3.24. The molecule has 1 saturated heterocycles. The maximum Gasteiger partial charge on any atom is 0.0813 e. The topological polar surface area (TPSA) is 15.0 Å². The van der Waals surface area contributed by atoms with Gasteiger partial charge in [0, 0.05) is 6.54 Å². The van der Waals surface area contributed by atoms with Crippen LogP contribution in [0.1, 0.15) is 13.8 Å². The first-order valence-electron chi connectivity index (χ1n) is 3.17. The second-order valence-corrected chi connectivity index (χ2v) is 2.54. The highest BCUT2D eigenvalue weighted by Crippen LogP contribution is 2.26. The first-order valence-corrected chi connectivity index (χ1v) is 3.17. The van der Waals surface area contributed by atoms with Crippen molar-refractivity contribution in [3.05, 3.63) is 0 Å². The van der Waals surface area contributed by atoms with Gasteiger partial charge in [-0.05, 0) is 20.5 Å². The SMILES string of the molecule is CCN1CC1(C)NC. The summed E-state index contributed by atoms with van der Waals surface area (Å²) in [5, 5.41) is 3.24. The molecule has 0 spiro atoms. The lowest BCUT2D eigenvalue weighted by molar-refractivity contribution is 0.401. The van der Waals surface area contributed by atoms with Gasteiger partial charge < -0.3 is 5.32 Å². The van der Waals surface area contributed by atoms with E-state index in [1.165, 1.54) is 6.54 Å². The van der Waals surface area contributed by atoms with Crippen molar-refractivity contribution in [2.75, 3.05) is 20.1 Å². The van der Waals surface area contributed by atoms with Crippen molar-refractivity contribution in [2.24, 2.45) is 0 Å². The van der Waals surface area contributed by atoms with E-state index in [1.807, 2.05) is 7.05 Å². The van der Waals surface area contributed by atoms with Gasteiger partial charge in [0.25, 0.3) is 0 Å². The van der Waals surface area contributed by atoms with E-state index in [-0.39, 0.29) is 0 Å². The third-order valence-corrected chi connectivity index (χ3v) is 2.01. The summed E-state index contributed by atoms with van der Waals surface area (Å²) in [6.07, 6.45) is 0. The quantitative estimate of drug-likeness (QED) is 0.518. The van der Waals surface area contributed by atoms with Crippen molar-refractivity contribution in [3.63, 3.8) is 0 Å². The van der Waals surface area contributed by atoms with Crippen LogP contribution in [0.15, 0.2) is 0 Å². The van der Waals surface area contributed by atoms with Crippen LogP contribution in [0.4, 0.5) is 0 Å². The number of likely N-dealkylation sites (N-methyl/N-ethyl adjacent to an activating group) is 2. The Kier molecular flexibility index (Phi) is 1.29. The van der Waals surface area contributed by atoms with E-state index in [9.17, 15) is 0 Å². The van der Waals surface area contributed by atoms with E-state index >= 15 is 0 Å². The van der Waals surface area contributed by atoms with Gasteiger partial charge in [-0.15, -0.1) is 0 Å². The molecule has 8 heavy (non-hydrogen) atoms. The monoisotopic (exact) mass is 114 g/mol. The summed E-state index contributed by atoms with van der Waals surface area (Å²) >= 11 is 0. The molecule has 1 heterocycles. The van der Waals surface area contributed by atoms with Crippen molar-refractivity contribution in [1.29, 1.82) is 0 Å². The number of hydrogen-bond acceptors (Lipinski definition) is 2. The van der Waals surface area contributed by atoms with Gasteiger partial charge in [-0.1, -0.05) is 6.92 Å². The predicted octanol–water partition coefficient (Wildman–Crippen LogP) is 0.258. The van der Waals surface area contributed by atoms with E-state index in [2.05, 4.69) is 24.1 Å². The van der Waals surface area contributed by atoms with Crippen molar-refractivity contribution in [2.45, 2.75) is 19.5 Å². The first kappa shape index (κ1) is 6.05. The van der Waals surface area contributed by atoms with E-state index in [0.29, 0.717) is 5.66 Å². The molecule has 1 N–H and O–H groups in total. The van der Waals surface area contributed by atoms with E-state index in [4.69, 9.17) is 0 Å². The third kappa shape index (κ3) is 0.740. The van der Waals surface area contributed by atoms with Crippen LogP contribution in [0.3, 0.4) is 0 Å². The van der Waals surface area contributed by atoms with Crippen LogP contribution < -0.4 is 5.32 Å². The predicted molar refractivity (Wildman–Crippen MR) is 34.7 cm³/mol. The van der Waals surface area contributed by atoms with Gasteiger partial charge >= 0.3 is 0 Å². The second kappa shape index (κ2) is 1.71. The molecule has 0 radical (unpaired) electrons. The van der Waals surface area contributed by atoms with Gasteiger partial charge in [-0.3, -0.25) is 4.90 Å². The minimum absolute atomic E-state index is 0.342. The number of nitrogens with zero attached hydrogens (tertiary/aromatic N) is 1. The standard InChI is InChI=1S/C6H14N2/c1-4-8-5-6(8,2)7-3/h7H,4-5H2,1-3H3. The number of rotatable bonds is 2. The molecule has 1 aliphatic heterocycles. The van der Waals surface area contributed by atoms with Crippen molar-refractivity contribution >= 4 is 0 Å². The lowest BCUT2D eigenvalue weighted by atomic mass is 10.4. The van der Waals surface area contributed by atoms with Gasteiger partial charge in [0.2, 0.25) is 0 Å². The highest BCUT2D eigenvalue weighted by molar-refractivity contribution is 4.99. The Morgan fingerprint density at radius 3 is 2.50 bits per heavy atom.